The SMILES string of the molecule is CCCn1c(SCC(=O)NC[C@@H]2CCCO2)nnc1-c1ccc(Cl)cc1. The number of amides is 1. The molecular weight excluding hydrogens is 372 g/mol. The van der Waals surface area contributed by atoms with E-state index in [9.17, 15) is 4.79 Å². The molecule has 6 nitrogen and oxygen atoms in total. The van der Waals surface area contributed by atoms with Crippen molar-refractivity contribution in [2.24, 2.45) is 0 Å². The van der Waals surface area contributed by atoms with Gasteiger partial charge in [0.15, 0.2) is 11.0 Å². The molecule has 0 unspecified atom stereocenters. The Kier molecular flexibility index (Phi) is 6.93. The molecule has 1 aromatic carbocycles. The van der Waals surface area contributed by atoms with Gasteiger partial charge in [0, 0.05) is 30.3 Å². The van der Waals surface area contributed by atoms with Gasteiger partial charge in [0.25, 0.3) is 0 Å². The standard InChI is InChI=1S/C18H23ClN4O2S/c1-2-9-23-17(13-5-7-14(19)8-6-13)21-22-18(23)26-12-16(24)20-11-15-4-3-10-25-15/h5-8,15H,2-4,9-12H2,1H3,(H,20,24)/t15-/m0/s1. The maximum atomic E-state index is 12.1. The fraction of sp³-hybridized carbons (Fsp3) is 0.500. The van der Waals surface area contributed by atoms with Crippen molar-refractivity contribution in [1.29, 1.82) is 0 Å². The van der Waals surface area contributed by atoms with E-state index in [4.69, 9.17) is 16.3 Å². The van der Waals surface area contributed by atoms with Gasteiger partial charge in [-0.2, -0.15) is 0 Å². The zero-order valence-electron chi connectivity index (χ0n) is 14.8. The third-order valence-corrected chi connectivity index (χ3v) is 5.37. The Morgan fingerprint density at radius 1 is 1.38 bits per heavy atom. The molecular formula is C18H23ClN4O2S. The summed E-state index contributed by atoms with van der Waals surface area (Å²) in [4.78, 5) is 12.1. The summed E-state index contributed by atoms with van der Waals surface area (Å²) in [6.07, 6.45) is 3.20. The van der Waals surface area contributed by atoms with Crippen LogP contribution in [0.4, 0.5) is 0 Å². The number of benzene rings is 1. The Labute approximate surface area is 162 Å². The summed E-state index contributed by atoms with van der Waals surface area (Å²) in [5.41, 5.74) is 0.963. The summed E-state index contributed by atoms with van der Waals surface area (Å²) in [6, 6.07) is 7.54. The van der Waals surface area contributed by atoms with Crippen molar-refractivity contribution in [3.63, 3.8) is 0 Å². The molecule has 1 atom stereocenters. The van der Waals surface area contributed by atoms with Crippen molar-refractivity contribution in [1.82, 2.24) is 20.1 Å². The highest BCUT2D eigenvalue weighted by Gasteiger charge is 2.18. The largest absolute Gasteiger partial charge is 0.376 e. The Balaban J connectivity index is 1.61. The molecule has 26 heavy (non-hydrogen) atoms. The van der Waals surface area contributed by atoms with Crippen molar-refractivity contribution in [2.75, 3.05) is 18.9 Å². The lowest BCUT2D eigenvalue weighted by Gasteiger charge is -2.11. The first-order chi connectivity index (χ1) is 12.7. The van der Waals surface area contributed by atoms with Gasteiger partial charge in [-0.25, -0.2) is 0 Å². The number of nitrogens with one attached hydrogen (secondary N) is 1. The molecule has 2 heterocycles. The Bertz CT molecular complexity index is 729. The number of halogens is 1. The number of carbonyl (C=O) groups excluding carboxylic acids is 1. The first-order valence-electron chi connectivity index (χ1n) is 8.87. The van der Waals surface area contributed by atoms with Gasteiger partial charge in [-0.05, 0) is 43.5 Å². The van der Waals surface area contributed by atoms with E-state index in [1.807, 2.05) is 24.3 Å². The predicted molar refractivity (Wildman–Crippen MR) is 103 cm³/mol. The van der Waals surface area contributed by atoms with Gasteiger partial charge in [0.2, 0.25) is 5.91 Å². The average molecular weight is 395 g/mol. The predicted octanol–water partition coefficient (Wildman–Crippen LogP) is 3.40. The van der Waals surface area contributed by atoms with Gasteiger partial charge in [0.1, 0.15) is 0 Å². The highest BCUT2D eigenvalue weighted by atomic mass is 35.5. The number of hydrogen-bond acceptors (Lipinski definition) is 5. The van der Waals surface area contributed by atoms with Gasteiger partial charge in [0.05, 0.1) is 11.9 Å². The van der Waals surface area contributed by atoms with Crippen LogP contribution in [0, 0.1) is 0 Å². The Morgan fingerprint density at radius 3 is 2.88 bits per heavy atom. The first-order valence-corrected chi connectivity index (χ1v) is 10.2. The summed E-state index contributed by atoms with van der Waals surface area (Å²) in [5, 5.41) is 13.0. The molecule has 1 amide bonds. The van der Waals surface area contributed by atoms with Crippen molar-refractivity contribution < 1.29 is 9.53 Å². The maximum Gasteiger partial charge on any atom is 0.230 e. The Hall–Kier alpha value is -1.57. The fourth-order valence-corrected chi connectivity index (χ4v) is 3.77. The third-order valence-electron chi connectivity index (χ3n) is 4.15. The van der Waals surface area contributed by atoms with Crippen LogP contribution in [0.5, 0.6) is 0 Å². The molecule has 8 heteroatoms. The molecule has 140 valence electrons. The summed E-state index contributed by atoms with van der Waals surface area (Å²) >= 11 is 7.37. The van der Waals surface area contributed by atoms with Crippen LogP contribution in [0.1, 0.15) is 26.2 Å². The summed E-state index contributed by atoms with van der Waals surface area (Å²) in [7, 11) is 0. The maximum absolute atomic E-state index is 12.1. The van der Waals surface area contributed by atoms with E-state index in [0.29, 0.717) is 17.3 Å². The third kappa shape index (κ3) is 4.99. The molecule has 3 rings (SSSR count). The monoisotopic (exact) mass is 394 g/mol. The lowest BCUT2D eigenvalue weighted by Crippen LogP contribution is -2.32. The van der Waals surface area contributed by atoms with E-state index in [1.165, 1.54) is 11.8 Å². The normalized spacial score (nSPS) is 16.8. The minimum atomic E-state index is -0.00964. The van der Waals surface area contributed by atoms with Gasteiger partial charge in [-0.15, -0.1) is 10.2 Å². The number of carbonyl (C=O) groups is 1. The van der Waals surface area contributed by atoms with Crippen LogP contribution < -0.4 is 5.32 Å². The summed E-state index contributed by atoms with van der Waals surface area (Å²) < 4.78 is 7.58. The molecule has 1 N–H and O–H groups in total. The molecule has 1 aromatic heterocycles. The van der Waals surface area contributed by atoms with Crippen LogP contribution in [-0.4, -0.2) is 45.7 Å². The summed E-state index contributed by atoms with van der Waals surface area (Å²) in [5.74, 6) is 1.10. The second-order valence-corrected chi connectivity index (χ2v) is 7.57. The van der Waals surface area contributed by atoms with Crippen LogP contribution in [-0.2, 0) is 16.1 Å². The zero-order chi connectivity index (χ0) is 18.4. The zero-order valence-corrected chi connectivity index (χ0v) is 16.4. The van der Waals surface area contributed by atoms with Gasteiger partial charge >= 0.3 is 0 Å². The van der Waals surface area contributed by atoms with Crippen LogP contribution >= 0.6 is 23.4 Å². The van der Waals surface area contributed by atoms with Gasteiger partial charge < -0.3 is 14.6 Å². The second kappa shape index (κ2) is 9.39. The van der Waals surface area contributed by atoms with Crippen LogP contribution in [0.2, 0.25) is 5.02 Å². The molecule has 1 aliphatic heterocycles. The molecule has 1 saturated heterocycles. The van der Waals surface area contributed by atoms with Crippen molar-refractivity contribution in [3.8, 4) is 11.4 Å². The number of nitrogens with zero attached hydrogens (tertiary/aromatic N) is 3. The number of aromatic nitrogens is 3. The molecule has 0 bridgehead atoms. The molecule has 2 aromatic rings. The fourth-order valence-electron chi connectivity index (χ4n) is 2.85. The lowest BCUT2D eigenvalue weighted by molar-refractivity contribution is -0.119. The Morgan fingerprint density at radius 2 is 2.19 bits per heavy atom. The van der Waals surface area contributed by atoms with E-state index in [0.717, 1.165) is 49.0 Å². The van der Waals surface area contributed by atoms with Crippen LogP contribution in [0.3, 0.4) is 0 Å². The molecule has 1 fully saturated rings. The van der Waals surface area contributed by atoms with E-state index in [2.05, 4.69) is 27.0 Å². The number of thioether (sulfide) groups is 1. The van der Waals surface area contributed by atoms with Crippen molar-refractivity contribution in [3.05, 3.63) is 29.3 Å². The van der Waals surface area contributed by atoms with Crippen LogP contribution in [0.15, 0.2) is 29.4 Å². The minimum absolute atomic E-state index is 0.00964. The summed E-state index contributed by atoms with van der Waals surface area (Å²) in [6.45, 7) is 4.28. The highest BCUT2D eigenvalue weighted by Crippen LogP contribution is 2.25. The van der Waals surface area contributed by atoms with E-state index in [1.54, 1.807) is 0 Å². The topological polar surface area (TPSA) is 69.0 Å². The minimum Gasteiger partial charge on any atom is -0.376 e. The quantitative estimate of drug-likeness (QED) is 0.695. The van der Waals surface area contributed by atoms with Gasteiger partial charge in [-0.1, -0.05) is 30.3 Å². The highest BCUT2D eigenvalue weighted by molar-refractivity contribution is 7.99. The second-order valence-electron chi connectivity index (χ2n) is 6.19. The van der Waals surface area contributed by atoms with Crippen molar-refractivity contribution in [2.45, 2.75) is 44.0 Å². The molecule has 0 saturated carbocycles. The molecule has 0 aliphatic carbocycles. The van der Waals surface area contributed by atoms with Gasteiger partial charge in [-0.3, -0.25) is 4.79 Å². The smallest absolute Gasteiger partial charge is 0.230 e. The molecule has 0 spiro atoms. The van der Waals surface area contributed by atoms with Crippen LogP contribution in [0.25, 0.3) is 11.4 Å². The van der Waals surface area contributed by atoms with E-state index in [-0.39, 0.29) is 12.0 Å². The number of hydrogen-bond donors (Lipinski definition) is 1. The number of rotatable bonds is 8. The molecule has 1 aliphatic rings. The van der Waals surface area contributed by atoms with Crippen molar-refractivity contribution >= 4 is 29.3 Å². The molecule has 0 radical (unpaired) electrons. The van der Waals surface area contributed by atoms with E-state index >= 15 is 0 Å². The first kappa shape index (κ1) is 19.2. The average Bonchev–Trinajstić information content (AvgIpc) is 3.29. The number of ether oxygens (including phenoxy) is 1. The van der Waals surface area contributed by atoms with E-state index < -0.39 is 0 Å². The lowest BCUT2D eigenvalue weighted by atomic mass is 10.2.